The summed E-state index contributed by atoms with van der Waals surface area (Å²) in [5.74, 6) is 0.257. The molecule has 0 bridgehead atoms. The Morgan fingerprint density at radius 3 is 2.44 bits per heavy atom. The van der Waals surface area contributed by atoms with Gasteiger partial charge in [-0.25, -0.2) is 0 Å². The highest BCUT2D eigenvalue weighted by atomic mass is 16.6. The van der Waals surface area contributed by atoms with Crippen LogP contribution >= 0.6 is 0 Å². The number of nitrogens with zero attached hydrogens (tertiary/aromatic N) is 1. The highest BCUT2D eigenvalue weighted by Gasteiger charge is 2.20. The van der Waals surface area contributed by atoms with Crippen molar-refractivity contribution in [3.63, 3.8) is 0 Å². The molecule has 0 amide bonds. The minimum Gasteiger partial charge on any atom is -0.461 e. The van der Waals surface area contributed by atoms with Crippen LogP contribution in [0.2, 0.25) is 0 Å². The fourth-order valence-electron chi connectivity index (χ4n) is 1.24. The molecule has 0 aliphatic heterocycles. The highest BCUT2D eigenvalue weighted by molar-refractivity contribution is 5.58. The summed E-state index contributed by atoms with van der Waals surface area (Å²) in [6.45, 7) is 8.46. The lowest BCUT2D eigenvalue weighted by Crippen LogP contribution is -1.96. The summed E-state index contributed by atoms with van der Waals surface area (Å²) in [4.78, 5) is 10.3. The van der Waals surface area contributed by atoms with Gasteiger partial charge in [0.2, 0.25) is 5.75 Å². The molecule has 0 saturated heterocycles. The van der Waals surface area contributed by atoms with Crippen LogP contribution in [0.1, 0.15) is 5.56 Å². The molecule has 0 saturated carbocycles. The second-order valence-electron chi connectivity index (χ2n) is 2.94. The Morgan fingerprint density at radius 2 is 1.94 bits per heavy atom. The van der Waals surface area contributed by atoms with Crippen molar-refractivity contribution in [2.24, 2.45) is 0 Å². The molecule has 84 valence electrons. The first-order valence-electron chi connectivity index (χ1n) is 4.44. The highest BCUT2D eigenvalue weighted by Crippen LogP contribution is 2.38. The van der Waals surface area contributed by atoms with Crippen LogP contribution in [0.3, 0.4) is 0 Å². The first kappa shape index (κ1) is 11.8. The lowest BCUT2D eigenvalue weighted by Gasteiger charge is -2.08. The van der Waals surface area contributed by atoms with E-state index < -0.39 is 4.92 Å². The molecule has 1 aromatic carbocycles. The predicted molar refractivity (Wildman–Crippen MR) is 59.5 cm³/mol. The smallest absolute Gasteiger partial charge is 0.315 e. The van der Waals surface area contributed by atoms with Crippen molar-refractivity contribution in [2.45, 2.75) is 6.92 Å². The number of rotatable bonds is 5. The maximum absolute atomic E-state index is 10.8. The first-order valence-corrected chi connectivity index (χ1v) is 4.44. The Bertz CT molecular complexity index is 440. The second-order valence-corrected chi connectivity index (χ2v) is 2.94. The minimum absolute atomic E-state index is 0.0190. The van der Waals surface area contributed by atoms with Crippen LogP contribution in [-0.4, -0.2) is 4.92 Å². The molecule has 0 aliphatic carbocycles. The molecule has 0 spiro atoms. The first-order chi connectivity index (χ1) is 7.60. The summed E-state index contributed by atoms with van der Waals surface area (Å²) in [7, 11) is 0. The van der Waals surface area contributed by atoms with Gasteiger partial charge in [-0.3, -0.25) is 10.1 Å². The summed E-state index contributed by atoms with van der Waals surface area (Å²) < 4.78 is 10.0. The van der Waals surface area contributed by atoms with Crippen molar-refractivity contribution in [3.05, 3.63) is 53.5 Å². The van der Waals surface area contributed by atoms with Crippen LogP contribution in [0.25, 0.3) is 0 Å². The molecule has 0 radical (unpaired) electrons. The maximum Gasteiger partial charge on any atom is 0.315 e. The van der Waals surface area contributed by atoms with Crippen LogP contribution in [-0.2, 0) is 0 Å². The molecule has 0 unspecified atom stereocenters. The largest absolute Gasteiger partial charge is 0.461 e. The van der Waals surface area contributed by atoms with Crippen LogP contribution in [0.15, 0.2) is 37.8 Å². The van der Waals surface area contributed by atoms with Gasteiger partial charge < -0.3 is 9.47 Å². The molecule has 1 rings (SSSR count). The van der Waals surface area contributed by atoms with Crippen LogP contribution < -0.4 is 9.47 Å². The lowest BCUT2D eigenvalue weighted by molar-refractivity contribution is -0.385. The quantitative estimate of drug-likeness (QED) is 0.435. The summed E-state index contributed by atoms with van der Waals surface area (Å²) in [6, 6.07) is 3.02. The van der Waals surface area contributed by atoms with Gasteiger partial charge >= 0.3 is 5.69 Å². The Kier molecular flexibility index (Phi) is 3.66. The molecule has 0 heterocycles. The average Bonchev–Trinajstić information content (AvgIpc) is 2.21. The van der Waals surface area contributed by atoms with Gasteiger partial charge in [-0.15, -0.1) is 0 Å². The van der Waals surface area contributed by atoms with Gasteiger partial charge in [0, 0.05) is 6.07 Å². The molecule has 5 heteroatoms. The minimum atomic E-state index is -0.540. The van der Waals surface area contributed by atoms with E-state index in [1.54, 1.807) is 13.0 Å². The average molecular weight is 221 g/mol. The Morgan fingerprint density at radius 1 is 1.31 bits per heavy atom. The van der Waals surface area contributed by atoms with Crippen molar-refractivity contribution in [1.29, 1.82) is 0 Å². The van der Waals surface area contributed by atoms with E-state index in [2.05, 4.69) is 13.2 Å². The summed E-state index contributed by atoms with van der Waals surface area (Å²) in [5.41, 5.74) is 0.525. The van der Waals surface area contributed by atoms with Crippen LogP contribution in [0.5, 0.6) is 11.5 Å². The monoisotopic (exact) mass is 221 g/mol. The molecule has 0 atom stereocenters. The fourth-order valence-corrected chi connectivity index (χ4v) is 1.24. The van der Waals surface area contributed by atoms with E-state index >= 15 is 0 Å². The van der Waals surface area contributed by atoms with Gasteiger partial charge in [0.1, 0.15) is 0 Å². The SMILES string of the molecule is C=COc1cc(C)cc([N+](=O)[O-])c1OC=C. The zero-order valence-corrected chi connectivity index (χ0v) is 8.80. The fraction of sp³-hybridized carbons (Fsp3) is 0.0909. The van der Waals surface area contributed by atoms with E-state index in [9.17, 15) is 10.1 Å². The molecular weight excluding hydrogens is 210 g/mol. The number of hydrogen-bond donors (Lipinski definition) is 0. The van der Waals surface area contributed by atoms with E-state index in [4.69, 9.17) is 9.47 Å². The molecule has 0 N–H and O–H groups in total. The third-order valence-electron chi connectivity index (χ3n) is 1.79. The zero-order valence-electron chi connectivity index (χ0n) is 8.80. The topological polar surface area (TPSA) is 61.6 Å². The maximum atomic E-state index is 10.8. The number of nitro groups is 1. The predicted octanol–water partition coefficient (Wildman–Crippen LogP) is 2.95. The molecule has 0 aliphatic rings. The number of aryl methyl sites for hydroxylation is 1. The standard InChI is InChI=1S/C11H11NO4/c1-4-15-10-7-8(3)6-9(12(13)14)11(10)16-5-2/h4-7H,1-2H2,3H3. The number of benzene rings is 1. The van der Waals surface area contributed by atoms with Gasteiger partial charge in [0.05, 0.1) is 17.4 Å². The third kappa shape index (κ3) is 2.38. The van der Waals surface area contributed by atoms with Crippen molar-refractivity contribution in [1.82, 2.24) is 0 Å². The van der Waals surface area contributed by atoms with Crippen molar-refractivity contribution in [3.8, 4) is 11.5 Å². The van der Waals surface area contributed by atoms with Gasteiger partial charge in [-0.2, -0.15) is 0 Å². The third-order valence-corrected chi connectivity index (χ3v) is 1.79. The van der Waals surface area contributed by atoms with Crippen molar-refractivity contribution < 1.29 is 14.4 Å². The molecule has 5 nitrogen and oxygen atoms in total. The Balaban J connectivity index is 3.39. The van der Waals surface area contributed by atoms with Gasteiger partial charge in [-0.05, 0) is 18.6 Å². The van der Waals surface area contributed by atoms with Crippen molar-refractivity contribution in [2.75, 3.05) is 0 Å². The molecule has 0 fully saturated rings. The molecular formula is C11H11NO4. The van der Waals surface area contributed by atoms with E-state index in [-0.39, 0.29) is 17.2 Å². The van der Waals surface area contributed by atoms with E-state index in [1.165, 1.54) is 12.3 Å². The van der Waals surface area contributed by atoms with Gasteiger partial charge in [-0.1, -0.05) is 13.2 Å². The number of hydrogen-bond acceptors (Lipinski definition) is 4. The number of nitro benzene ring substituents is 1. The lowest BCUT2D eigenvalue weighted by atomic mass is 10.2. The van der Waals surface area contributed by atoms with Crippen molar-refractivity contribution >= 4 is 5.69 Å². The van der Waals surface area contributed by atoms with Crippen LogP contribution in [0, 0.1) is 17.0 Å². The van der Waals surface area contributed by atoms with Crippen LogP contribution in [0.4, 0.5) is 5.69 Å². The van der Waals surface area contributed by atoms with Gasteiger partial charge in [0.15, 0.2) is 5.75 Å². The summed E-state index contributed by atoms with van der Waals surface area (Å²) in [5, 5.41) is 10.8. The molecule has 0 aromatic heterocycles. The Hall–Kier alpha value is -2.30. The zero-order chi connectivity index (χ0) is 12.1. The second kappa shape index (κ2) is 4.97. The van der Waals surface area contributed by atoms with E-state index in [1.807, 2.05) is 0 Å². The Labute approximate surface area is 92.8 Å². The summed E-state index contributed by atoms with van der Waals surface area (Å²) in [6.07, 6.45) is 2.28. The normalized spacial score (nSPS) is 9.31. The van der Waals surface area contributed by atoms with E-state index in [0.717, 1.165) is 6.26 Å². The summed E-state index contributed by atoms with van der Waals surface area (Å²) >= 11 is 0. The number of ether oxygens (including phenoxy) is 2. The van der Waals surface area contributed by atoms with Gasteiger partial charge in [0.25, 0.3) is 0 Å². The van der Waals surface area contributed by atoms with E-state index in [0.29, 0.717) is 5.56 Å². The molecule has 1 aromatic rings. The molecule has 16 heavy (non-hydrogen) atoms.